The van der Waals surface area contributed by atoms with Gasteiger partial charge in [0.2, 0.25) is 0 Å². The van der Waals surface area contributed by atoms with Crippen LogP contribution in [-0.2, 0) is 9.63 Å². The molecule has 0 atom stereocenters. The number of oxime groups is 1. The largest absolute Gasteiger partial charge is 0.331 e. The van der Waals surface area contributed by atoms with Gasteiger partial charge in [-0.2, -0.15) is 0 Å². The Morgan fingerprint density at radius 2 is 1.32 bits per heavy atom. The molecule has 114 valence electrons. The number of carbonyl (C=O) groups is 1. The van der Waals surface area contributed by atoms with Crippen molar-refractivity contribution in [3.63, 3.8) is 0 Å². The Morgan fingerprint density at radius 3 is 1.68 bits per heavy atom. The lowest BCUT2D eigenvalue weighted by atomic mass is 9.88. The molecule has 2 aromatic carbocycles. The third kappa shape index (κ3) is 3.97. The molecular weight excluding hydrogens is 288 g/mol. The monoisotopic (exact) mass is 303 g/mol. The van der Waals surface area contributed by atoms with Gasteiger partial charge in [-0.1, -0.05) is 29.4 Å². The number of hydrogen-bond donors (Lipinski definition) is 0. The molecule has 0 aliphatic carbocycles. The Labute approximate surface area is 127 Å². The van der Waals surface area contributed by atoms with Crippen molar-refractivity contribution in [2.75, 3.05) is 0 Å². The summed E-state index contributed by atoms with van der Waals surface area (Å²) in [5.41, 5.74) is 2.04. The Hall–Kier alpha value is -2.56. The molecule has 2 rings (SSSR count). The van der Waals surface area contributed by atoms with Crippen molar-refractivity contribution < 1.29 is 18.4 Å². The van der Waals surface area contributed by atoms with Crippen LogP contribution in [-0.4, -0.2) is 11.7 Å². The van der Waals surface area contributed by atoms with Gasteiger partial charge in [0.1, 0.15) is 11.6 Å². The number of hydrogen-bond acceptors (Lipinski definition) is 3. The van der Waals surface area contributed by atoms with Crippen LogP contribution in [0.25, 0.3) is 0 Å². The summed E-state index contributed by atoms with van der Waals surface area (Å²) in [6, 6.07) is 11.8. The van der Waals surface area contributed by atoms with E-state index in [1.807, 2.05) is 0 Å². The van der Waals surface area contributed by atoms with Gasteiger partial charge in [-0.15, -0.1) is 0 Å². The molecule has 0 N–H and O–H groups in total. The van der Waals surface area contributed by atoms with Gasteiger partial charge in [0, 0.05) is 6.92 Å². The highest BCUT2D eigenvalue weighted by atomic mass is 19.1. The van der Waals surface area contributed by atoms with Gasteiger partial charge >= 0.3 is 5.97 Å². The summed E-state index contributed by atoms with van der Waals surface area (Å²) < 4.78 is 26.2. The molecule has 0 fully saturated rings. The zero-order chi connectivity index (χ0) is 16.1. The summed E-state index contributed by atoms with van der Waals surface area (Å²) in [6.07, 6.45) is 0. The third-order valence-electron chi connectivity index (χ3n) is 3.14. The van der Waals surface area contributed by atoms with Crippen LogP contribution < -0.4 is 0 Å². The Morgan fingerprint density at radius 1 is 0.909 bits per heavy atom. The third-order valence-corrected chi connectivity index (χ3v) is 3.14. The number of benzene rings is 2. The minimum Gasteiger partial charge on any atom is -0.319 e. The van der Waals surface area contributed by atoms with Crippen molar-refractivity contribution in [3.8, 4) is 0 Å². The van der Waals surface area contributed by atoms with E-state index in [9.17, 15) is 13.6 Å². The van der Waals surface area contributed by atoms with E-state index < -0.39 is 5.97 Å². The molecule has 0 unspecified atom stereocenters. The average Bonchev–Trinajstić information content (AvgIpc) is 2.49. The highest BCUT2D eigenvalue weighted by Gasteiger charge is 2.19. The van der Waals surface area contributed by atoms with Crippen LogP contribution in [0.1, 0.15) is 30.9 Å². The van der Waals surface area contributed by atoms with Crippen LogP contribution in [0.2, 0.25) is 0 Å². The van der Waals surface area contributed by atoms with Gasteiger partial charge in [-0.3, -0.25) is 0 Å². The minimum atomic E-state index is -0.531. The fraction of sp³-hybridized carbons (Fsp3) is 0.176. The Kier molecular flexibility index (Phi) is 4.99. The molecule has 0 amide bonds. The summed E-state index contributed by atoms with van der Waals surface area (Å²) in [5, 5.41) is 3.80. The predicted molar refractivity (Wildman–Crippen MR) is 79.5 cm³/mol. The normalized spacial score (nSPS) is 11.6. The molecule has 0 aromatic heterocycles. The number of nitrogens with zero attached hydrogens (tertiary/aromatic N) is 1. The lowest BCUT2D eigenvalue weighted by Gasteiger charge is -2.17. The molecule has 0 aliphatic rings. The molecule has 3 nitrogen and oxygen atoms in total. The molecule has 0 spiro atoms. The second-order valence-corrected chi connectivity index (χ2v) is 4.85. The van der Waals surface area contributed by atoms with Crippen LogP contribution in [0.4, 0.5) is 8.78 Å². The minimum absolute atomic E-state index is 0.351. The summed E-state index contributed by atoms with van der Waals surface area (Å²) in [7, 11) is 0. The second-order valence-electron chi connectivity index (χ2n) is 4.85. The molecular formula is C17H15F2NO2. The maximum Gasteiger partial charge on any atom is 0.331 e. The zero-order valence-corrected chi connectivity index (χ0v) is 12.2. The molecule has 0 aliphatic heterocycles. The summed E-state index contributed by atoms with van der Waals surface area (Å²) >= 11 is 0. The molecule has 0 saturated heterocycles. The predicted octanol–water partition coefficient (Wildman–Crippen LogP) is 4.04. The zero-order valence-electron chi connectivity index (χ0n) is 12.2. The first-order valence-corrected chi connectivity index (χ1v) is 6.70. The van der Waals surface area contributed by atoms with Crippen LogP contribution in [0.3, 0.4) is 0 Å². The molecule has 0 bridgehead atoms. The second kappa shape index (κ2) is 6.93. The fourth-order valence-electron chi connectivity index (χ4n) is 2.17. The molecule has 2 aromatic rings. The van der Waals surface area contributed by atoms with Crippen molar-refractivity contribution in [1.29, 1.82) is 0 Å². The topological polar surface area (TPSA) is 38.7 Å². The van der Waals surface area contributed by atoms with Gasteiger partial charge in [-0.25, -0.2) is 13.6 Å². The molecule has 22 heavy (non-hydrogen) atoms. The van der Waals surface area contributed by atoms with E-state index in [4.69, 9.17) is 0 Å². The standard InChI is InChI=1S/C17H15F2NO2/c1-11(20-22-12(2)21)17(13-3-7-15(18)8-4-13)14-5-9-16(19)10-6-14/h3-10,17H,1-2H3/b20-11+. The lowest BCUT2D eigenvalue weighted by molar-refractivity contribution is -0.140. The molecule has 0 heterocycles. The van der Waals surface area contributed by atoms with Crippen LogP contribution in [0, 0.1) is 11.6 Å². The lowest BCUT2D eigenvalue weighted by Crippen LogP contribution is -2.12. The van der Waals surface area contributed by atoms with E-state index in [2.05, 4.69) is 9.99 Å². The summed E-state index contributed by atoms with van der Waals surface area (Å²) in [6.45, 7) is 2.95. The first-order chi connectivity index (χ1) is 10.5. The van der Waals surface area contributed by atoms with E-state index in [1.54, 1.807) is 31.2 Å². The Balaban J connectivity index is 2.44. The molecule has 0 saturated carbocycles. The van der Waals surface area contributed by atoms with Crippen molar-refractivity contribution in [2.45, 2.75) is 19.8 Å². The van der Waals surface area contributed by atoms with E-state index in [1.165, 1.54) is 31.2 Å². The van der Waals surface area contributed by atoms with Crippen LogP contribution >= 0.6 is 0 Å². The SMILES string of the molecule is CC(=O)O/N=C(\C)C(c1ccc(F)cc1)c1ccc(F)cc1. The molecule has 0 radical (unpaired) electrons. The first kappa shape index (κ1) is 15.8. The van der Waals surface area contributed by atoms with Crippen molar-refractivity contribution in [3.05, 3.63) is 71.3 Å². The fourth-order valence-corrected chi connectivity index (χ4v) is 2.17. The van der Waals surface area contributed by atoms with Crippen molar-refractivity contribution >= 4 is 11.7 Å². The number of carbonyl (C=O) groups excluding carboxylic acids is 1. The average molecular weight is 303 g/mol. The van der Waals surface area contributed by atoms with Gasteiger partial charge < -0.3 is 4.84 Å². The Bertz CT molecular complexity index is 633. The van der Waals surface area contributed by atoms with Gasteiger partial charge in [-0.05, 0) is 42.3 Å². The van der Waals surface area contributed by atoms with Crippen LogP contribution in [0.15, 0.2) is 53.7 Å². The van der Waals surface area contributed by atoms with E-state index >= 15 is 0 Å². The van der Waals surface area contributed by atoms with Gasteiger partial charge in [0.25, 0.3) is 0 Å². The van der Waals surface area contributed by atoms with E-state index in [-0.39, 0.29) is 17.6 Å². The van der Waals surface area contributed by atoms with Gasteiger partial charge in [0.15, 0.2) is 0 Å². The maximum atomic E-state index is 13.1. The quantitative estimate of drug-likeness (QED) is 0.486. The first-order valence-electron chi connectivity index (χ1n) is 6.70. The summed E-state index contributed by atoms with van der Waals surface area (Å²) in [4.78, 5) is 15.6. The molecule has 5 heteroatoms. The van der Waals surface area contributed by atoms with E-state index in [0.29, 0.717) is 5.71 Å². The van der Waals surface area contributed by atoms with Crippen molar-refractivity contribution in [2.24, 2.45) is 5.16 Å². The highest BCUT2D eigenvalue weighted by molar-refractivity contribution is 5.91. The van der Waals surface area contributed by atoms with Gasteiger partial charge in [0.05, 0.1) is 11.6 Å². The smallest absolute Gasteiger partial charge is 0.319 e. The van der Waals surface area contributed by atoms with Crippen molar-refractivity contribution in [1.82, 2.24) is 0 Å². The number of rotatable bonds is 4. The highest BCUT2D eigenvalue weighted by Crippen LogP contribution is 2.27. The van der Waals surface area contributed by atoms with E-state index in [0.717, 1.165) is 11.1 Å². The van der Waals surface area contributed by atoms with Crippen LogP contribution in [0.5, 0.6) is 0 Å². The number of halogens is 2. The summed E-state index contributed by atoms with van der Waals surface area (Å²) in [5.74, 6) is -1.59. The maximum absolute atomic E-state index is 13.1.